The molecule has 0 aliphatic heterocycles. The van der Waals surface area contributed by atoms with Crippen LogP contribution in [0.1, 0.15) is 36.8 Å². The van der Waals surface area contributed by atoms with Gasteiger partial charge in [0.25, 0.3) is 5.91 Å². The summed E-state index contributed by atoms with van der Waals surface area (Å²) >= 11 is 15.5. The van der Waals surface area contributed by atoms with Gasteiger partial charge in [0.1, 0.15) is 18.2 Å². The minimum atomic E-state index is -0.361. The lowest BCUT2D eigenvalue weighted by molar-refractivity contribution is -0.117. The van der Waals surface area contributed by atoms with Crippen molar-refractivity contribution < 1.29 is 14.3 Å². The molecule has 0 unspecified atom stereocenters. The van der Waals surface area contributed by atoms with Crippen molar-refractivity contribution in [3.05, 3.63) is 61.5 Å². The largest absolute Gasteiger partial charge is 0.493 e. The van der Waals surface area contributed by atoms with Gasteiger partial charge in [-0.25, -0.2) is 0 Å². The molecule has 1 N–H and O–H groups in total. The zero-order chi connectivity index (χ0) is 22.4. The van der Waals surface area contributed by atoms with Crippen LogP contribution in [0.25, 0.3) is 6.08 Å². The van der Waals surface area contributed by atoms with Gasteiger partial charge >= 0.3 is 0 Å². The van der Waals surface area contributed by atoms with Crippen LogP contribution in [0.5, 0.6) is 11.5 Å². The van der Waals surface area contributed by atoms with Gasteiger partial charge in [0.15, 0.2) is 11.5 Å². The van der Waals surface area contributed by atoms with Crippen molar-refractivity contribution in [3.63, 3.8) is 0 Å². The Hall–Kier alpha value is -2.20. The van der Waals surface area contributed by atoms with Crippen LogP contribution >= 0.6 is 39.1 Å². The fourth-order valence-electron chi connectivity index (χ4n) is 3.36. The second-order valence-electron chi connectivity index (χ2n) is 7.19. The van der Waals surface area contributed by atoms with Gasteiger partial charge in [-0.15, -0.1) is 0 Å². The molecule has 5 nitrogen and oxygen atoms in total. The second-order valence-corrected chi connectivity index (χ2v) is 8.86. The molecule has 0 bridgehead atoms. The van der Waals surface area contributed by atoms with Gasteiger partial charge in [-0.1, -0.05) is 58.0 Å². The summed E-state index contributed by atoms with van der Waals surface area (Å²) in [5.41, 5.74) is 1.53. The first-order chi connectivity index (χ1) is 14.9. The van der Waals surface area contributed by atoms with Gasteiger partial charge < -0.3 is 14.8 Å². The molecule has 1 aliphatic rings. The van der Waals surface area contributed by atoms with Crippen LogP contribution in [0.2, 0.25) is 10.0 Å². The number of halogens is 3. The zero-order valence-corrected chi connectivity index (χ0v) is 20.0. The summed E-state index contributed by atoms with van der Waals surface area (Å²) in [6.07, 6.45) is 5.64. The second kappa shape index (κ2) is 10.9. The lowest BCUT2D eigenvalue weighted by Crippen LogP contribution is -2.33. The third-order valence-electron chi connectivity index (χ3n) is 5.02. The highest BCUT2D eigenvalue weighted by Crippen LogP contribution is 2.35. The molecule has 0 radical (unpaired) electrons. The van der Waals surface area contributed by atoms with Gasteiger partial charge in [0.2, 0.25) is 0 Å². The van der Waals surface area contributed by atoms with E-state index < -0.39 is 0 Å². The van der Waals surface area contributed by atoms with Crippen molar-refractivity contribution in [1.82, 2.24) is 5.32 Å². The lowest BCUT2D eigenvalue weighted by atomic mass is 10.1. The number of benzene rings is 2. The summed E-state index contributed by atoms with van der Waals surface area (Å²) in [7, 11) is 1.53. The van der Waals surface area contributed by atoms with Crippen LogP contribution in [-0.2, 0) is 11.4 Å². The summed E-state index contributed by atoms with van der Waals surface area (Å²) < 4.78 is 12.0. The van der Waals surface area contributed by atoms with Crippen LogP contribution in [0.15, 0.2) is 40.4 Å². The smallest absolute Gasteiger partial charge is 0.262 e. The number of ether oxygens (including phenoxy) is 2. The van der Waals surface area contributed by atoms with Crippen molar-refractivity contribution in [2.24, 2.45) is 0 Å². The Morgan fingerprint density at radius 1 is 1.23 bits per heavy atom. The van der Waals surface area contributed by atoms with Crippen LogP contribution in [-0.4, -0.2) is 19.1 Å². The number of amides is 1. The number of hydrogen-bond acceptors (Lipinski definition) is 4. The molecule has 3 rings (SSSR count). The first-order valence-electron chi connectivity index (χ1n) is 9.78. The van der Waals surface area contributed by atoms with E-state index in [4.69, 9.17) is 32.7 Å². The van der Waals surface area contributed by atoms with Gasteiger partial charge in [-0.05, 0) is 54.3 Å². The van der Waals surface area contributed by atoms with E-state index in [1.54, 1.807) is 30.3 Å². The van der Waals surface area contributed by atoms with E-state index in [0.717, 1.165) is 31.2 Å². The number of nitriles is 1. The molecule has 0 heterocycles. The number of hydrogen-bond donors (Lipinski definition) is 1. The Labute approximate surface area is 200 Å². The lowest BCUT2D eigenvalue weighted by Gasteiger charge is -2.14. The third-order valence-corrected chi connectivity index (χ3v) is 6.44. The van der Waals surface area contributed by atoms with Crippen LogP contribution in [0.3, 0.4) is 0 Å². The summed E-state index contributed by atoms with van der Waals surface area (Å²) in [5, 5.41) is 13.4. The van der Waals surface area contributed by atoms with Crippen LogP contribution in [0.4, 0.5) is 0 Å². The zero-order valence-electron chi connectivity index (χ0n) is 16.9. The minimum Gasteiger partial charge on any atom is -0.493 e. The molecule has 162 valence electrons. The molecular formula is C23H21BrCl2N2O3. The highest BCUT2D eigenvalue weighted by molar-refractivity contribution is 9.10. The SMILES string of the molecule is COc1cc(/C=C(/C#N)C(=O)NC2CCCC2)c(Br)cc1OCc1ccc(Cl)c(Cl)c1. The van der Waals surface area contributed by atoms with Gasteiger partial charge in [-0.3, -0.25) is 4.79 Å². The molecule has 0 atom stereocenters. The molecule has 1 aliphatic carbocycles. The van der Waals surface area contributed by atoms with E-state index in [1.807, 2.05) is 12.1 Å². The van der Waals surface area contributed by atoms with Crippen molar-refractivity contribution in [1.29, 1.82) is 5.26 Å². The number of nitrogens with zero attached hydrogens (tertiary/aromatic N) is 1. The Morgan fingerprint density at radius 3 is 2.61 bits per heavy atom. The van der Waals surface area contributed by atoms with Crippen molar-refractivity contribution in [3.8, 4) is 17.6 Å². The Kier molecular flexibility index (Phi) is 8.25. The molecule has 1 fully saturated rings. The molecule has 2 aromatic carbocycles. The van der Waals surface area contributed by atoms with E-state index in [9.17, 15) is 10.1 Å². The molecule has 1 saturated carbocycles. The predicted octanol–water partition coefficient (Wildman–Crippen LogP) is 6.31. The van der Waals surface area contributed by atoms with E-state index >= 15 is 0 Å². The Bertz CT molecular complexity index is 1040. The maximum absolute atomic E-state index is 12.5. The third kappa shape index (κ3) is 6.16. The highest BCUT2D eigenvalue weighted by atomic mass is 79.9. The van der Waals surface area contributed by atoms with Gasteiger partial charge in [-0.2, -0.15) is 5.26 Å². The van der Waals surface area contributed by atoms with Crippen LogP contribution in [0, 0.1) is 11.3 Å². The van der Waals surface area contributed by atoms with Crippen molar-refractivity contribution in [2.45, 2.75) is 38.3 Å². The topological polar surface area (TPSA) is 71.3 Å². The van der Waals surface area contributed by atoms with Crippen molar-refractivity contribution >= 4 is 51.1 Å². The molecule has 2 aromatic rings. The maximum Gasteiger partial charge on any atom is 0.262 e. The van der Waals surface area contributed by atoms with E-state index in [1.165, 1.54) is 7.11 Å². The van der Waals surface area contributed by atoms with Gasteiger partial charge in [0.05, 0.1) is 17.2 Å². The average molecular weight is 524 g/mol. The average Bonchev–Trinajstić information content (AvgIpc) is 3.26. The maximum atomic E-state index is 12.5. The summed E-state index contributed by atoms with van der Waals surface area (Å²) in [6, 6.07) is 10.9. The van der Waals surface area contributed by atoms with E-state index in [-0.39, 0.29) is 24.1 Å². The van der Waals surface area contributed by atoms with Gasteiger partial charge in [0, 0.05) is 10.5 Å². The number of nitrogens with one attached hydrogen (secondary N) is 1. The number of carbonyl (C=O) groups is 1. The van der Waals surface area contributed by atoms with E-state index in [0.29, 0.717) is 31.6 Å². The molecule has 0 spiro atoms. The number of rotatable bonds is 7. The normalized spacial score (nSPS) is 14.2. The fourth-order valence-corrected chi connectivity index (χ4v) is 4.12. The van der Waals surface area contributed by atoms with Crippen LogP contribution < -0.4 is 14.8 Å². The Morgan fingerprint density at radius 2 is 1.97 bits per heavy atom. The number of carbonyl (C=O) groups excluding carboxylic acids is 1. The first kappa shape index (κ1) is 23.5. The monoisotopic (exact) mass is 522 g/mol. The standard InChI is InChI=1S/C23H21BrCl2N2O3/c1-30-21-10-15(9-16(12-27)23(29)28-17-4-2-3-5-17)18(24)11-22(21)31-13-14-6-7-19(25)20(26)8-14/h6-11,17H,2-5,13H2,1H3,(H,28,29)/b16-9-. The summed E-state index contributed by atoms with van der Waals surface area (Å²) in [4.78, 5) is 12.5. The molecular weight excluding hydrogens is 503 g/mol. The quantitative estimate of drug-likeness (QED) is 0.341. The minimum absolute atomic E-state index is 0.0409. The first-order valence-corrected chi connectivity index (χ1v) is 11.3. The predicted molar refractivity (Wildman–Crippen MR) is 125 cm³/mol. The van der Waals surface area contributed by atoms with Crippen molar-refractivity contribution in [2.75, 3.05) is 7.11 Å². The molecule has 0 aromatic heterocycles. The fraction of sp³-hybridized carbons (Fsp3) is 0.304. The summed E-state index contributed by atoms with van der Waals surface area (Å²) in [6.45, 7) is 0.266. The molecule has 31 heavy (non-hydrogen) atoms. The van der Waals surface area contributed by atoms with E-state index in [2.05, 4.69) is 21.2 Å². The molecule has 0 saturated heterocycles. The Balaban J connectivity index is 1.78. The molecule has 1 amide bonds. The number of methoxy groups -OCH3 is 1. The molecule has 8 heteroatoms. The highest BCUT2D eigenvalue weighted by Gasteiger charge is 2.20. The summed E-state index contributed by atoms with van der Waals surface area (Å²) in [5.74, 6) is 0.620.